The lowest BCUT2D eigenvalue weighted by Crippen LogP contribution is -2.37. The van der Waals surface area contributed by atoms with Crippen LogP contribution in [-0.2, 0) is 22.7 Å². The third-order valence-corrected chi connectivity index (χ3v) is 4.08. The van der Waals surface area contributed by atoms with Crippen LogP contribution in [0, 0.1) is 5.82 Å². The molecule has 9 heteroatoms. The fourth-order valence-electron chi connectivity index (χ4n) is 2.50. The van der Waals surface area contributed by atoms with Gasteiger partial charge in [0.05, 0.1) is 26.1 Å². The van der Waals surface area contributed by atoms with Gasteiger partial charge in [-0.05, 0) is 53.6 Å². The smallest absolute Gasteiger partial charge is 0.329 e. The molecule has 31 heavy (non-hydrogen) atoms. The maximum Gasteiger partial charge on any atom is 0.329 e. The van der Waals surface area contributed by atoms with Crippen molar-refractivity contribution in [3.8, 4) is 11.5 Å². The summed E-state index contributed by atoms with van der Waals surface area (Å²) in [6.45, 7) is 0.340. The molecule has 1 heterocycles. The molecular formula is C22H20FN3O5. The summed E-state index contributed by atoms with van der Waals surface area (Å²) in [5.74, 6) is -0.589. The Bertz CT molecular complexity index is 1050. The predicted molar refractivity (Wildman–Crippen MR) is 110 cm³/mol. The van der Waals surface area contributed by atoms with Gasteiger partial charge in [0, 0.05) is 0 Å². The van der Waals surface area contributed by atoms with Crippen LogP contribution in [0.4, 0.5) is 4.39 Å². The Labute approximate surface area is 177 Å². The van der Waals surface area contributed by atoms with E-state index in [1.165, 1.54) is 31.7 Å². The molecule has 0 aliphatic carbocycles. The number of carbonyl (C=O) groups excluding carboxylic acids is 2. The number of furan rings is 1. The van der Waals surface area contributed by atoms with Crippen molar-refractivity contribution in [1.29, 1.82) is 0 Å². The van der Waals surface area contributed by atoms with Crippen molar-refractivity contribution in [2.24, 2.45) is 5.10 Å². The molecule has 8 nitrogen and oxygen atoms in total. The Kier molecular flexibility index (Phi) is 7.36. The molecule has 0 aliphatic rings. The van der Waals surface area contributed by atoms with Crippen molar-refractivity contribution in [3.05, 3.63) is 83.6 Å². The summed E-state index contributed by atoms with van der Waals surface area (Å²) < 4.78 is 29.1. The summed E-state index contributed by atoms with van der Waals surface area (Å²) in [6, 6.07) is 14.4. The van der Waals surface area contributed by atoms with Gasteiger partial charge in [0.15, 0.2) is 11.5 Å². The van der Waals surface area contributed by atoms with E-state index in [0.717, 1.165) is 5.56 Å². The topological polar surface area (TPSA) is 102 Å². The van der Waals surface area contributed by atoms with Crippen LogP contribution >= 0.6 is 0 Å². The Hall–Kier alpha value is -4.14. The zero-order valence-corrected chi connectivity index (χ0v) is 16.6. The molecule has 0 unspecified atom stereocenters. The van der Waals surface area contributed by atoms with Gasteiger partial charge in [-0.1, -0.05) is 12.1 Å². The molecule has 2 N–H and O–H groups in total. The lowest BCUT2D eigenvalue weighted by atomic mass is 10.2. The number of hydrazone groups is 1. The average Bonchev–Trinajstić information content (AvgIpc) is 3.31. The number of methoxy groups -OCH3 is 1. The summed E-state index contributed by atoms with van der Waals surface area (Å²) >= 11 is 0. The highest BCUT2D eigenvalue weighted by atomic mass is 19.1. The zero-order valence-electron chi connectivity index (χ0n) is 16.6. The lowest BCUT2D eigenvalue weighted by molar-refractivity contribution is -0.139. The molecule has 0 saturated carbocycles. The number of amides is 2. The fraction of sp³-hybridized carbons (Fsp3) is 0.136. The predicted octanol–water partition coefficient (Wildman–Crippen LogP) is 2.77. The molecule has 0 fully saturated rings. The molecule has 2 aromatic carbocycles. The van der Waals surface area contributed by atoms with Crippen LogP contribution in [0.1, 0.15) is 16.9 Å². The molecule has 0 atom stereocenters. The quantitative estimate of drug-likeness (QED) is 0.328. The molecular weight excluding hydrogens is 405 g/mol. The molecule has 160 valence electrons. The Morgan fingerprint density at radius 3 is 2.61 bits per heavy atom. The second kappa shape index (κ2) is 10.6. The third-order valence-electron chi connectivity index (χ3n) is 4.08. The number of hydrogen-bond donors (Lipinski definition) is 2. The standard InChI is InChI=1S/C22H20FN3O5/c1-29-20-11-16(6-9-19(20)31-14-15-4-7-17(23)8-5-15)12-25-26-22(28)21(27)24-13-18-3-2-10-30-18/h2-12H,13-14H2,1H3,(H,24,27)(H,26,28)/b25-12-. The van der Waals surface area contributed by atoms with Crippen LogP contribution in [0.2, 0.25) is 0 Å². The summed E-state index contributed by atoms with van der Waals surface area (Å²) in [7, 11) is 1.49. The van der Waals surface area contributed by atoms with Crippen LogP contribution in [0.3, 0.4) is 0 Å². The van der Waals surface area contributed by atoms with Crippen LogP contribution < -0.4 is 20.2 Å². The van der Waals surface area contributed by atoms with Crippen molar-refractivity contribution in [2.45, 2.75) is 13.2 Å². The van der Waals surface area contributed by atoms with Crippen molar-refractivity contribution in [3.63, 3.8) is 0 Å². The van der Waals surface area contributed by atoms with Gasteiger partial charge in [0.25, 0.3) is 0 Å². The normalized spacial score (nSPS) is 10.6. The highest BCUT2D eigenvalue weighted by Gasteiger charge is 2.12. The number of hydrogen-bond acceptors (Lipinski definition) is 6. The van der Waals surface area contributed by atoms with E-state index < -0.39 is 11.8 Å². The summed E-state index contributed by atoms with van der Waals surface area (Å²) in [4.78, 5) is 23.5. The maximum atomic E-state index is 13.0. The highest BCUT2D eigenvalue weighted by molar-refractivity contribution is 6.35. The maximum absolute atomic E-state index is 13.0. The Morgan fingerprint density at radius 2 is 1.90 bits per heavy atom. The molecule has 0 aliphatic heterocycles. The molecule has 0 bridgehead atoms. The van der Waals surface area contributed by atoms with Gasteiger partial charge in [-0.2, -0.15) is 5.10 Å². The van der Waals surface area contributed by atoms with Crippen molar-refractivity contribution >= 4 is 18.0 Å². The van der Waals surface area contributed by atoms with Crippen molar-refractivity contribution < 1.29 is 27.9 Å². The first kappa shape index (κ1) is 21.6. The van der Waals surface area contributed by atoms with Gasteiger partial charge in [0.2, 0.25) is 0 Å². The van der Waals surface area contributed by atoms with E-state index >= 15 is 0 Å². The first-order valence-electron chi connectivity index (χ1n) is 9.24. The Morgan fingerprint density at radius 1 is 1.10 bits per heavy atom. The largest absolute Gasteiger partial charge is 0.493 e. The van der Waals surface area contributed by atoms with Gasteiger partial charge < -0.3 is 19.2 Å². The van der Waals surface area contributed by atoms with Gasteiger partial charge in [-0.15, -0.1) is 0 Å². The fourth-order valence-corrected chi connectivity index (χ4v) is 2.50. The first-order chi connectivity index (χ1) is 15.0. The highest BCUT2D eigenvalue weighted by Crippen LogP contribution is 2.28. The van der Waals surface area contributed by atoms with Gasteiger partial charge >= 0.3 is 11.8 Å². The number of carbonyl (C=O) groups is 2. The van der Waals surface area contributed by atoms with Crippen LogP contribution in [-0.4, -0.2) is 25.1 Å². The van der Waals surface area contributed by atoms with Crippen LogP contribution in [0.15, 0.2) is 70.4 Å². The zero-order chi connectivity index (χ0) is 22.1. The molecule has 1 aromatic heterocycles. The molecule has 3 aromatic rings. The minimum absolute atomic E-state index is 0.0968. The van der Waals surface area contributed by atoms with Gasteiger partial charge in [-0.25, -0.2) is 9.82 Å². The lowest BCUT2D eigenvalue weighted by Gasteiger charge is -2.11. The van der Waals surface area contributed by atoms with Crippen molar-refractivity contribution in [1.82, 2.24) is 10.7 Å². The van der Waals surface area contributed by atoms with Gasteiger partial charge in [0.1, 0.15) is 18.2 Å². The van der Waals surface area contributed by atoms with E-state index in [1.54, 1.807) is 42.5 Å². The SMILES string of the molecule is COc1cc(/C=N\NC(=O)C(=O)NCc2ccco2)ccc1OCc1ccc(F)cc1. The van der Waals surface area contributed by atoms with E-state index in [0.29, 0.717) is 22.8 Å². The van der Waals surface area contributed by atoms with E-state index in [4.69, 9.17) is 13.9 Å². The second-order valence-corrected chi connectivity index (χ2v) is 6.29. The molecule has 0 saturated heterocycles. The van der Waals surface area contributed by atoms with E-state index in [9.17, 15) is 14.0 Å². The third kappa shape index (κ3) is 6.43. The Balaban J connectivity index is 1.52. The summed E-state index contributed by atoms with van der Waals surface area (Å²) in [5, 5.41) is 6.19. The van der Waals surface area contributed by atoms with E-state index in [-0.39, 0.29) is 19.0 Å². The number of nitrogens with zero attached hydrogens (tertiary/aromatic N) is 1. The minimum atomic E-state index is -0.908. The number of benzene rings is 2. The van der Waals surface area contributed by atoms with Crippen LogP contribution in [0.25, 0.3) is 0 Å². The monoisotopic (exact) mass is 425 g/mol. The number of nitrogens with one attached hydrogen (secondary N) is 2. The van der Waals surface area contributed by atoms with Crippen molar-refractivity contribution in [2.75, 3.05) is 7.11 Å². The minimum Gasteiger partial charge on any atom is -0.493 e. The van der Waals surface area contributed by atoms with E-state index in [2.05, 4.69) is 15.8 Å². The number of rotatable bonds is 8. The summed E-state index contributed by atoms with van der Waals surface area (Å²) in [5.41, 5.74) is 3.57. The second-order valence-electron chi connectivity index (χ2n) is 6.29. The van der Waals surface area contributed by atoms with Crippen LogP contribution in [0.5, 0.6) is 11.5 Å². The molecule has 3 rings (SSSR count). The van der Waals surface area contributed by atoms with E-state index in [1.807, 2.05) is 0 Å². The number of ether oxygens (including phenoxy) is 2. The number of halogens is 1. The molecule has 0 spiro atoms. The summed E-state index contributed by atoms with van der Waals surface area (Å²) in [6.07, 6.45) is 2.84. The molecule has 0 radical (unpaired) electrons. The molecule has 2 amide bonds. The van der Waals surface area contributed by atoms with Gasteiger partial charge in [-0.3, -0.25) is 9.59 Å². The first-order valence-corrected chi connectivity index (χ1v) is 9.24. The average molecular weight is 425 g/mol.